The summed E-state index contributed by atoms with van der Waals surface area (Å²) in [6.07, 6.45) is 0. The quantitative estimate of drug-likeness (QED) is 0.0308. The molecule has 0 N–H and O–H groups in total. The third-order valence-electron chi connectivity index (χ3n) is 11.2. The molecule has 2 aromatic heterocycles. The maximum atomic E-state index is 16.0. The number of rotatable bonds is 42. The summed E-state index contributed by atoms with van der Waals surface area (Å²) in [7, 11) is 3.23. The van der Waals surface area contributed by atoms with Crippen molar-refractivity contribution in [1.82, 2.24) is 0 Å². The van der Waals surface area contributed by atoms with E-state index in [2.05, 4.69) is 0 Å². The number of ether oxygens (including phenoxy) is 14. The van der Waals surface area contributed by atoms with E-state index in [-0.39, 0.29) is 47.3 Å². The lowest BCUT2D eigenvalue weighted by atomic mass is 9.94. The van der Waals surface area contributed by atoms with E-state index in [1.54, 1.807) is 62.8 Å². The van der Waals surface area contributed by atoms with Gasteiger partial charge >= 0.3 is 17.8 Å². The summed E-state index contributed by atoms with van der Waals surface area (Å²) in [5.74, 6) is -15.1. The molecule has 0 bridgehead atoms. The number of hydrogen-bond donors (Lipinski definition) is 0. The minimum Gasteiger partial charge on any atom is -0.491 e. The second kappa shape index (κ2) is 33.5. The molecule has 0 spiro atoms. The first-order valence-electron chi connectivity index (χ1n) is 24.7. The summed E-state index contributed by atoms with van der Waals surface area (Å²) >= 11 is 2.08. The van der Waals surface area contributed by atoms with Gasteiger partial charge in [-0.1, -0.05) is 0 Å². The van der Waals surface area contributed by atoms with Gasteiger partial charge in [-0.3, -0.25) is 0 Å². The first-order valence-corrected chi connectivity index (χ1v) is 26.3. The van der Waals surface area contributed by atoms with Crippen molar-refractivity contribution in [2.45, 2.75) is 31.6 Å². The lowest BCUT2D eigenvalue weighted by Crippen LogP contribution is -2.48. The van der Waals surface area contributed by atoms with Crippen molar-refractivity contribution < 1.29 is 92.7 Å². The van der Waals surface area contributed by atoms with Gasteiger partial charge in [0.2, 0.25) is 0 Å². The summed E-state index contributed by atoms with van der Waals surface area (Å²) in [4.78, 5) is 1.21. The maximum Gasteiger partial charge on any atom is 0.380 e. The molecule has 0 saturated heterocycles. The molecule has 2 aromatic carbocycles. The van der Waals surface area contributed by atoms with Gasteiger partial charge in [0, 0.05) is 44.9 Å². The molecular formula is C53H70F6O14S2. The normalized spacial score (nSPS) is 14.9. The number of alkyl halides is 6. The number of benzene rings is 2. The fraction of sp³-hybridized carbons (Fsp3) is 0.585. The van der Waals surface area contributed by atoms with Crippen LogP contribution in [-0.2, 0) is 56.8 Å². The monoisotopic (exact) mass is 1110 g/mol. The van der Waals surface area contributed by atoms with Crippen LogP contribution in [0.4, 0.5) is 26.3 Å². The van der Waals surface area contributed by atoms with E-state index in [1.165, 1.54) is 26.0 Å². The highest BCUT2D eigenvalue weighted by atomic mass is 32.1. The number of allylic oxidation sites excluding steroid dienone is 2. The second-order valence-corrected chi connectivity index (χ2v) is 19.0. The van der Waals surface area contributed by atoms with Crippen molar-refractivity contribution in [2.75, 3.05) is 173 Å². The van der Waals surface area contributed by atoms with Gasteiger partial charge in [0.1, 0.15) is 24.7 Å². The smallest absolute Gasteiger partial charge is 0.380 e. The highest BCUT2D eigenvalue weighted by Crippen LogP contribution is 2.66. The van der Waals surface area contributed by atoms with Gasteiger partial charge in [-0.15, -0.1) is 22.7 Å². The number of hydrogen-bond acceptors (Lipinski definition) is 16. The van der Waals surface area contributed by atoms with Gasteiger partial charge in [0.15, 0.2) is 0 Å². The van der Waals surface area contributed by atoms with Gasteiger partial charge in [0.25, 0.3) is 0 Å². The van der Waals surface area contributed by atoms with Crippen LogP contribution < -0.4 is 9.47 Å². The second-order valence-electron chi connectivity index (χ2n) is 16.5. The number of thiophene rings is 2. The molecule has 22 heteroatoms. The number of aryl methyl sites for hydroxylation is 2. The summed E-state index contributed by atoms with van der Waals surface area (Å²) in [5, 5.41) is 0. The van der Waals surface area contributed by atoms with Crippen LogP contribution in [0.3, 0.4) is 0 Å². The van der Waals surface area contributed by atoms with Crippen molar-refractivity contribution in [3.05, 3.63) is 81.5 Å². The summed E-state index contributed by atoms with van der Waals surface area (Å²) in [5.41, 5.74) is -2.40. The molecule has 14 nitrogen and oxygen atoms in total. The van der Waals surface area contributed by atoms with Gasteiger partial charge in [-0.25, -0.2) is 0 Å². The van der Waals surface area contributed by atoms with Gasteiger partial charge in [-0.05, 0) is 96.8 Å². The zero-order chi connectivity index (χ0) is 53.8. The van der Waals surface area contributed by atoms with Crippen LogP contribution in [0.25, 0.3) is 32.0 Å². The Morgan fingerprint density at radius 3 is 0.840 bits per heavy atom. The SMILES string of the molecule is COCCOCCOCCOCCOCCOCCOc1ccc(-c2cc(C3=C(c4cc(-c5ccc(OCCOCCOCCOCCOCCOCCOC)cc5)sc4C)C(F)(F)C(F)(F)C3(F)F)c(C)s2)cc1. The van der Waals surface area contributed by atoms with E-state index in [4.69, 9.17) is 66.3 Å². The molecule has 0 aliphatic heterocycles. The van der Waals surface area contributed by atoms with Crippen LogP contribution in [0.5, 0.6) is 11.5 Å². The number of halogens is 6. The van der Waals surface area contributed by atoms with Gasteiger partial charge < -0.3 is 66.3 Å². The topological polar surface area (TPSA) is 129 Å². The molecule has 0 atom stereocenters. The Bertz CT molecular complexity index is 2070. The molecule has 75 heavy (non-hydrogen) atoms. The van der Waals surface area contributed by atoms with Crippen LogP contribution in [0.15, 0.2) is 60.7 Å². The highest BCUT2D eigenvalue weighted by Gasteiger charge is 2.80. The van der Waals surface area contributed by atoms with Crippen LogP contribution in [0, 0.1) is 13.8 Å². The van der Waals surface area contributed by atoms with Crippen molar-refractivity contribution >= 4 is 33.8 Å². The maximum absolute atomic E-state index is 16.0. The lowest BCUT2D eigenvalue weighted by molar-refractivity contribution is -0.254. The summed E-state index contributed by atoms with van der Waals surface area (Å²) in [6, 6.07) is 15.9. The Morgan fingerprint density at radius 2 is 0.587 bits per heavy atom. The zero-order valence-corrected chi connectivity index (χ0v) is 44.7. The minimum absolute atomic E-state index is 0.180. The summed E-state index contributed by atoms with van der Waals surface area (Å²) < 4.78 is 170. The standard InChI is InChI=1S/C53H70F6O14S2/c1-39-45(37-47(74-39)41-5-9-43(10-6-41)72-35-33-70-31-29-68-27-25-66-23-21-64-19-17-62-15-13-60-3)49-50(52(56,57)53(58,59)51(49,54)55)46-38-48(75-40(46)2)42-7-11-44(12-8-42)73-36-34-71-32-30-69-28-26-67-24-22-65-20-18-63-16-14-61-4/h5-12,37-38H,13-36H2,1-4H3. The van der Waals surface area contributed by atoms with Gasteiger partial charge in [0.05, 0.1) is 145 Å². The largest absolute Gasteiger partial charge is 0.491 e. The molecule has 420 valence electrons. The predicted octanol–water partition coefficient (Wildman–Crippen LogP) is 9.81. The van der Waals surface area contributed by atoms with Crippen LogP contribution in [-0.4, -0.2) is 191 Å². The number of methoxy groups -OCH3 is 2. The Kier molecular flexibility index (Phi) is 27.8. The van der Waals surface area contributed by atoms with Crippen molar-refractivity contribution in [1.29, 1.82) is 0 Å². The molecular weight excluding hydrogens is 1040 g/mol. The molecule has 0 amide bonds. The Balaban J connectivity index is 1.05. The van der Waals surface area contributed by atoms with Crippen molar-refractivity contribution in [2.24, 2.45) is 0 Å². The molecule has 5 rings (SSSR count). The lowest BCUT2D eigenvalue weighted by Gasteiger charge is -2.25. The predicted molar refractivity (Wildman–Crippen MR) is 274 cm³/mol. The molecule has 1 aliphatic rings. The van der Waals surface area contributed by atoms with E-state index in [1.807, 2.05) is 0 Å². The Hall–Kier alpha value is -3.72. The molecule has 0 fully saturated rings. The Morgan fingerprint density at radius 1 is 0.347 bits per heavy atom. The first kappa shape index (κ1) is 62.1. The molecule has 0 radical (unpaired) electrons. The third-order valence-corrected chi connectivity index (χ3v) is 13.4. The minimum atomic E-state index is -5.70. The van der Waals surface area contributed by atoms with Crippen LogP contribution in [0.1, 0.15) is 20.9 Å². The third kappa shape index (κ3) is 19.3. The van der Waals surface area contributed by atoms with Crippen molar-refractivity contribution in [3.8, 4) is 32.4 Å². The van der Waals surface area contributed by atoms with E-state index in [0.29, 0.717) is 165 Å². The zero-order valence-electron chi connectivity index (χ0n) is 43.0. The average Bonchev–Trinajstić information content (AvgIpc) is 4.04. The van der Waals surface area contributed by atoms with E-state index in [0.717, 1.165) is 22.7 Å². The van der Waals surface area contributed by atoms with Crippen molar-refractivity contribution in [3.63, 3.8) is 0 Å². The molecule has 1 aliphatic carbocycles. The van der Waals surface area contributed by atoms with E-state index >= 15 is 26.3 Å². The van der Waals surface area contributed by atoms with Crippen LogP contribution >= 0.6 is 22.7 Å². The fourth-order valence-corrected chi connectivity index (χ4v) is 9.36. The average molecular weight is 1110 g/mol. The fourth-order valence-electron chi connectivity index (χ4n) is 7.29. The van der Waals surface area contributed by atoms with Gasteiger partial charge in [-0.2, -0.15) is 26.3 Å². The van der Waals surface area contributed by atoms with Crippen LogP contribution in [0.2, 0.25) is 0 Å². The molecule has 0 unspecified atom stereocenters. The molecule has 2 heterocycles. The first-order chi connectivity index (χ1) is 36.3. The van der Waals surface area contributed by atoms with E-state index < -0.39 is 28.9 Å². The molecule has 4 aromatic rings. The highest BCUT2D eigenvalue weighted by molar-refractivity contribution is 7.16. The summed E-state index contributed by atoms with van der Waals surface area (Å²) in [6.45, 7) is 12.9. The van der Waals surface area contributed by atoms with E-state index in [9.17, 15) is 0 Å². The Labute approximate surface area is 443 Å². The molecule has 0 saturated carbocycles.